The molecular formula is C27H22O3. The Morgan fingerprint density at radius 1 is 0.533 bits per heavy atom. The highest BCUT2D eigenvalue weighted by atomic mass is 16.5. The molecule has 3 heteroatoms. The molecule has 0 radical (unpaired) electrons. The fraction of sp³-hybridized carbons (Fsp3) is 0.0741. The molecule has 30 heavy (non-hydrogen) atoms. The molecule has 0 saturated heterocycles. The van der Waals surface area contributed by atoms with Crippen LogP contribution in [-0.4, -0.2) is 5.78 Å². The standard InChI is InChI=1S/C27H22O3/c1-19-3-11-24(12-4-19)29-26-15-7-22(8-16-26)23-9-17-27(18-10-23)30-25-13-5-21(6-14-25)20(2)28/h3-18H,1-2H3. The first-order chi connectivity index (χ1) is 14.6. The van der Waals surface area contributed by atoms with Crippen LogP contribution in [0.2, 0.25) is 0 Å². The van der Waals surface area contributed by atoms with Crippen molar-refractivity contribution in [2.75, 3.05) is 0 Å². The average Bonchev–Trinajstić information content (AvgIpc) is 2.77. The molecular weight excluding hydrogens is 372 g/mol. The van der Waals surface area contributed by atoms with E-state index in [4.69, 9.17) is 9.47 Å². The van der Waals surface area contributed by atoms with E-state index in [1.165, 1.54) is 5.56 Å². The number of carbonyl (C=O) groups excluding carboxylic acids is 1. The van der Waals surface area contributed by atoms with Crippen molar-refractivity contribution < 1.29 is 14.3 Å². The van der Waals surface area contributed by atoms with Gasteiger partial charge in [0.05, 0.1) is 0 Å². The van der Waals surface area contributed by atoms with E-state index in [2.05, 4.69) is 6.92 Å². The molecule has 0 spiro atoms. The minimum atomic E-state index is 0.0428. The zero-order chi connectivity index (χ0) is 20.9. The number of benzene rings is 4. The first-order valence-electron chi connectivity index (χ1n) is 9.81. The van der Waals surface area contributed by atoms with E-state index in [1.807, 2.05) is 72.8 Å². The Labute approximate surface area is 176 Å². The molecule has 0 aliphatic carbocycles. The number of aryl methyl sites for hydroxylation is 1. The van der Waals surface area contributed by atoms with Crippen molar-refractivity contribution in [3.05, 3.63) is 108 Å². The van der Waals surface area contributed by atoms with Crippen molar-refractivity contribution in [2.45, 2.75) is 13.8 Å². The third kappa shape index (κ3) is 4.76. The topological polar surface area (TPSA) is 35.5 Å². The van der Waals surface area contributed by atoms with Crippen molar-refractivity contribution >= 4 is 5.78 Å². The number of hydrogen-bond donors (Lipinski definition) is 0. The van der Waals surface area contributed by atoms with E-state index in [0.29, 0.717) is 11.3 Å². The zero-order valence-electron chi connectivity index (χ0n) is 17.0. The molecule has 0 heterocycles. The summed E-state index contributed by atoms with van der Waals surface area (Å²) in [4.78, 5) is 11.4. The van der Waals surface area contributed by atoms with E-state index < -0.39 is 0 Å². The second kappa shape index (κ2) is 8.66. The summed E-state index contributed by atoms with van der Waals surface area (Å²) in [6.45, 7) is 3.61. The van der Waals surface area contributed by atoms with Crippen molar-refractivity contribution in [2.24, 2.45) is 0 Å². The van der Waals surface area contributed by atoms with Gasteiger partial charge in [-0.25, -0.2) is 0 Å². The highest BCUT2D eigenvalue weighted by molar-refractivity contribution is 5.94. The van der Waals surface area contributed by atoms with Gasteiger partial charge in [-0.3, -0.25) is 4.79 Å². The maximum atomic E-state index is 11.4. The van der Waals surface area contributed by atoms with Gasteiger partial charge in [-0.1, -0.05) is 42.0 Å². The largest absolute Gasteiger partial charge is 0.457 e. The van der Waals surface area contributed by atoms with Crippen LogP contribution in [0.1, 0.15) is 22.8 Å². The Morgan fingerprint density at radius 3 is 1.23 bits per heavy atom. The van der Waals surface area contributed by atoms with E-state index in [-0.39, 0.29) is 5.78 Å². The number of hydrogen-bond acceptors (Lipinski definition) is 3. The summed E-state index contributed by atoms with van der Waals surface area (Å²) in [7, 11) is 0. The Kier molecular flexibility index (Phi) is 5.62. The maximum Gasteiger partial charge on any atom is 0.159 e. The summed E-state index contributed by atoms with van der Waals surface area (Å²) in [5.41, 5.74) is 4.07. The quantitative estimate of drug-likeness (QED) is 0.319. The minimum Gasteiger partial charge on any atom is -0.457 e. The van der Waals surface area contributed by atoms with Gasteiger partial charge in [0.15, 0.2) is 5.78 Å². The lowest BCUT2D eigenvalue weighted by Gasteiger charge is -2.09. The molecule has 0 amide bonds. The van der Waals surface area contributed by atoms with Gasteiger partial charge >= 0.3 is 0 Å². The van der Waals surface area contributed by atoms with Crippen LogP contribution in [0, 0.1) is 6.92 Å². The summed E-state index contributed by atoms with van der Waals surface area (Å²) < 4.78 is 11.8. The van der Waals surface area contributed by atoms with Crippen LogP contribution in [0.25, 0.3) is 11.1 Å². The molecule has 0 aliphatic rings. The lowest BCUT2D eigenvalue weighted by atomic mass is 10.1. The lowest BCUT2D eigenvalue weighted by Crippen LogP contribution is -1.91. The molecule has 0 aromatic heterocycles. The molecule has 0 saturated carbocycles. The maximum absolute atomic E-state index is 11.4. The molecule has 0 atom stereocenters. The van der Waals surface area contributed by atoms with Gasteiger partial charge in [-0.2, -0.15) is 0 Å². The van der Waals surface area contributed by atoms with Crippen LogP contribution < -0.4 is 9.47 Å². The van der Waals surface area contributed by atoms with Crippen LogP contribution in [0.3, 0.4) is 0 Å². The number of rotatable bonds is 6. The van der Waals surface area contributed by atoms with E-state index in [0.717, 1.165) is 28.4 Å². The number of ketones is 1. The number of ether oxygens (including phenoxy) is 2. The first-order valence-corrected chi connectivity index (χ1v) is 9.81. The predicted molar refractivity (Wildman–Crippen MR) is 120 cm³/mol. The van der Waals surface area contributed by atoms with Gasteiger partial charge in [0.2, 0.25) is 0 Å². The lowest BCUT2D eigenvalue weighted by molar-refractivity contribution is 0.101. The number of Topliss-reactive ketones (excluding diaryl/α,β-unsaturated/α-hetero) is 1. The molecule has 4 aromatic carbocycles. The van der Waals surface area contributed by atoms with Gasteiger partial charge < -0.3 is 9.47 Å². The van der Waals surface area contributed by atoms with Crippen molar-refractivity contribution in [1.82, 2.24) is 0 Å². The van der Waals surface area contributed by atoms with E-state index in [1.54, 1.807) is 31.2 Å². The first kappa shape index (κ1) is 19.5. The molecule has 0 N–H and O–H groups in total. The van der Waals surface area contributed by atoms with Gasteiger partial charge in [0.25, 0.3) is 0 Å². The second-order valence-corrected chi connectivity index (χ2v) is 7.15. The third-order valence-corrected chi connectivity index (χ3v) is 4.80. The fourth-order valence-corrected chi connectivity index (χ4v) is 3.07. The monoisotopic (exact) mass is 394 g/mol. The Bertz CT molecular complexity index is 1120. The average molecular weight is 394 g/mol. The SMILES string of the molecule is CC(=O)c1ccc(Oc2ccc(-c3ccc(Oc4ccc(C)cc4)cc3)cc2)cc1. The summed E-state index contributed by atoms with van der Waals surface area (Å²) in [5, 5.41) is 0. The smallest absolute Gasteiger partial charge is 0.159 e. The zero-order valence-corrected chi connectivity index (χ0v) is 17.0. The minimum absolute atomic E-state index is 0.0428. The van der Waals surface area contributed by atoms with Crippen LogP contribution in [0.4, 0.5) is 0 Å². The van der Waals surface area contributed by atoms with Crippen molar-refractivity contribution in [1.29, 1.82) is 0 Å². The summed E-state index contributed by atoms with van der Waals surface area (Å²) in [5.74, 6) is 3.11. The van der Waals surface area contributed by atoms with E-state index in [9.17, 15) is 4.79 Å². The van der Waals surface area contributed by atoms with Gasteiger partial charge in [0.1, 0.15) is 23.0 Å². The van der Waals surface area contributed by atoms with Gasteiger partial charge in [-0.15, -0.1) is 0 Å². The Morgan fingerprint density at radius 2 is 0.867 bits per heavy atom. The van der Waals surface area contributed by atoms with E-state index >= 15 is 0 Å². The number of carbonyl (C=O) groups is 1. The highest BCUT2D eigenvalue weighted by Gasteiger charge is 2.04. The van der Waals surface area contributed by atoms with Crippen LogP contribution in [0.5, 0.6) is 23.0 Å². The molecule has 0 unspecified atom stereocenters. The van der Waals surface area contributed by atoms with Crippen LogP contribution in [-0.2, 0) is 0 Å². The summed E-state index contributed by atoms with van der Waals surface area (Å²) in [6, 6.07) is 31.1. The fourth-order valence-electron chi connectivity index (χ4n) is 3.07. The van der Waals surface area contributed by atoms with Gasteiger partial charge in [-0.05, 0) is 85.6 Å². The summed E-state index contributed by atoms with van der Waals surface area (Å²) >= 11 is 0. The Balaban J connectivity index is 1.42. The third-order valence-electron chi connectivity index (χ3n) is 4.80. The molecule has 148 valence electrons. The highest BCUT2D eigenvalue weighted by Crippen LogP contribution is 2.28. The second-order valence-electron chi connectivity index (χ2n) is 7.15. The van der Waals surface area contributed by atoms with Crippen molar-refractivity contribution in [3.8, 4) is 34.1 Å². The molecule has 3 nitrogen and oxygen atoms in total. The Hall–Kier alpha value is -3.85. The van der Waals surface area contributed by atoms with Crippen LogP contribution in [0.15, 0.2) is 97.1 Å². The normalized spacial score (nSPS) is 10.5. The van der Waals surface area contributed by atoms with Gasteiger partial charge in [0, 0.05) is 5.56 Å². The predicted octanol–water partition coefficient (Wildman–Crippen LogP) is 7.45. The summed E-state index contributed by atoms with van der Waals surface area (Å²) in [6.07, 6.45) is 0. The van der Waals surface area contributed by atoms with Crippen molar-refractivity contribution in [3.63, 3.8) is 0 Å². The van der Waals surface area contributed by atoms with Crippen LogP contribution >= 0.6 is 0 Å². The molecule has 0 fully saturated rings. The molecule has 0 bridgehead atoms. The molecule has 0 aliphatic heterocycles. The molecule has 4 rings (SSSR count). The molecule has 4 aromatic rings.